The van der Waals surface area contributed by atoms with Gasteiger partial charge in [0.2, 0.25) is 0 Å². The smallest absolute Gasteiger partial charge is 0.330 e. The van der Waals surface area contributed by atoms with Gasteiger partial charge in [0.05, 0.1) is 6.61 Å². The van der Waals surface area contributed by atoms with Crippen molar-refractivity contribution in [3.05, 3.63) is 0 Å². The van der Waals surface area contributed by atoms with Gasteiger partial charge in [-0.05, 0) is 13.0 Å². The van der Waals surface area contributed by atoms with Crippen molar-refractivity contribution in [1.82, 2.24) is 0 Å². The van der Waals surface area contributed by atoms with Gasteiger partial charge in [-0.15, -0.1) is 13.2 Å². The van der Waals surface area contributed by atoms with Gasteiger partial charge in [-0.3, -0.25) is 8.95 Å². The minimum absolute atomic E-state index is 0.0977. The Morgan fingerprint density at radius 1 is 1.31 bits per heavy atom. The van der Waals surface area contributed by atoms with Crippen LogP contribution in [0.5, 0.6) is 0 Å². The molecule has 0 amide bonds. The lowest BCUT2D eigenvalue weighted by molar-refractivity contribution is -0.322. The van der Waals surface area contributed by atoms with Crippen LogP contribution in [-0.2, 0) is 15.5 Å². The van der Waals surface area contributed by atoms with Crippen molar-refractivity contribution in [3.63, 3.8) is 0 Å². The van der Waals surface area contributed by atoms with Crippen LogP contribution in [0.25, 0.3) is 0 Å². The van der Waals surface area contributed by atoms with Gasteiger partial charge < -0.3 is 5.73 Å². The fourth-order valence-corrected chi connectivity index (χ4v) is 1.56. The third-order valence-electron chi connectivity index (χ3n) is 1.15. The Kier molecular flexibility index (Phi) is 6.27. The highest BCUT2D eigenvalue weighted by Crippen LogP contribution is 2.15. The van der Waals surface area contributed by atoms with E-state index in [-0.39, 0.29) is 5.75 Å². The van der Waals surface area contributed by atoms with Crippen LogP contribution in [0.4, 0.5) is 13.2 Å². The van der Waals surface area contributed by atoms with Gasteiger partial charge in [0.25, 0.3) is 0 Å². The molecule has 0 aromatic rings. The van der Waals surface area contributed by atoms with Crippen LogP contribution in [0, 0.1) is 0 Å². The Morgan fingerprint density at radius 3 is 2.38 bits per heavy atom. The molecule has 0 aromatic carbocycles. The molecule has 1 atom stereocenters. The predicted molar refractivity (Wildman–Crippen MR) is 43.6 cm³/mol. The van der Waals surface area contributed by atoms with Gasteiger partial charge in [-0.1, -0.05) is 0 Å². The molecule has 0 spiro atoms. The largest absolute Gasteiger partial charge is 0.522 e. The highest BCUT2D eigenvalue weighted by molar-refractivity contribution is 7.84. The van der Waals surface area contributed by atoms with E-state index in [9.17, 15) is 17.4 Å². The second-order valence-corrected chi connectivity index (χ2v) is 3.98. The first-order valence-corrected chi connectivity index (χ1v) is 5.20. The molecule has 3 nitrogen and oxygen atoms in total. The minimum atomic E-state index is -4.63. The number of hydrogen-bond acceptors (Lipinski definition) is 3. The van der Waals surface area contributed by atoms with Crippen molar-refractivity contribution in [1.29, 1.82) is 0 Å². The molecule has 7 heteroatoms. The normalized spacial score (nSPS) is 14.5. The minimum Gasteiger partial charge on any atom is -0.330 e. The zero-order chi connectivity index (χ0) is 10.3. The van der Waals surface area contributed by atoms with Crippen LogP contribution in [0.2, 0.25) is 0 Å². The summed E-state index contributed by atoms with van der Waals surface area (Å²) in [6.07, 6.45) is -4.07. The first kappa shape index (κ1) is 12.9. The first-order chi connectivity index (χ1) is 5.95. The van der Waals surface area contributed by atoms with Crippen molar-refractivity contribution in [3.8, 4) is 0 Å². The van der Waals surface area contributed by atoms with Crippen LogP contribution in [0.1, 0.15) is 6.42 Å². The molecule has 0 aromatic heterocycles. The summed E-state index contributed by atoms with van der Waals surface area (Å²) in [6.45, 7) is -0.160. The molecule has 0 fully saturated rings. The van der Waals surface area contributed by atoms with Gasteiger partial charge in [0.15, 0.2) is 0 Å². The molecule has 0 heterocycles. The molecule has 80 valence electrons. The summed E-state index contributed by atoms with van der Waals surface area (Å²) in [5.41, 5.74) is 5.13. The van der Waals surface area contributed by atoms with E-state index in [1.54, 1.807) is 0 Å². The predicted octanol–water partition coefficient (Wildman–Crippen LogP) is 0.620. The van der Waals surface area contributed by atoms with E-state index in [0.717, 1.165) is 0 Å². The summed E-state index contributed by atoms with van der Waals surface area (Å²) in [7, 11) is -1.26. The quantitative estimate of drug-likeness (QED) is 0.712. The number of halogens is 3. The van der Waals surface area contributed by atoms with Crippen LogP contribution < -0.4 is 5.73 Å². The highest BCUT2D eigenvalue weighted by atomic mass is 32.2. The van der Waals surface area contributed by atoms with Gasteiger partial charge in [0, 0.05) is 22.3 Å². The van der Waals surface area contributed by atoms with Crippen LogP contribution in [0.15, 0.2) is 0 Å². The van der Waals surface area contributed by atoms with Crippen LogP contribution in [-0.4, -0.2) is 35.2 Å². The molecule has 13 heavy (non-hydrogen) atoms. The lowest BCUT2D eigenvalue weighted by atomic mass is 10.5. The van der Waals surface area contributed by atoms with Gasteiger partial charge in [-0.25, -0.2) is 0 Å². The summed E-state index contributed by atoms with van der Waals surface area (Å²) < 4.78 is 48.6. The highest BCUT2D eigenvalue weighted by Gasteiger charge is 2.28. The monoisotopic (exact) mass is 219 g/mol. The number of nitrogens with two attached hydrogens (primary N) is 1. The molecule has 0 bridgehead atoms. The fourth-order valence-electron chi connectivity index (χ4n) is 0.597. The van der Waals surface area contributed by atoms with E-state index >= 15 is 0 Å². The molecule has 0 aliphatic heterocycles. The Hall–Kier alpha value is -0.140. The second kappa shape index (κ2) is 6.33. The van der Waals surface area contributed by atoms with Crippen molar-refractivity contribution in [2.45, 2.75) is 12.8 Å². The zero-order valence-electron chi connectivity index (χ0n) is 6.97. The molecular formula is C6H12F3NO2S. The van der Waals surface area contributed by atoms with Crippen molar-refractivity contribution in [2.75, 3.05) is 24.7 Å². The molecule has 0 aliphatic carbocycles. The van der Waals surface area contributed by atoms with Crippen LogP contribution >= 0.6 is 0 Å². The maximum absolute atomic E-state index is 11.4. The average Bonchev–Trinajstić information content (AvgIpc) is 1.98. The van der Waals surface area contributed by atoms with E-state index in [1.807, 2.05) is 0 Å². The summed E-state index contributed by atoms with van der Waals surface area (Å²) in [5.74, 6) is 0.233. The molecular weight excluding hydrogens is 207 g/mol. The van der Waals surface area contributed by atoms with Crippen LogP contribution in [0.3, 0.4) is 0 Å². The Balaban J connectivity index is 3.37. The maximum atomic E-state index is 11.4. The van der Waals surface area contributed by atoms with Gasteiger partial charge in [-0.2, -0.15) is 0 Å². The summed E-state index contributed by atoms with van der Waals surface area (Å²) >= 11 is 0. The topological polar surface area (TPSA) is 52.3 Å². The number of hydrogen-bond donors (Lipinski definition) is 1. The second-order valence-electron chi connectivity index (χ2n) is 2.28. The Bertz CT molecular complexity index is 162. The van der Waals surface area contributed by atoms with Gasteiger partial charge in [0.1, 0.15) is 0 Å². The van der Waals surface area contributed by atoms with E-state index in [1.165, 1.54) is 0 Å². The Labute approximate surface area is 76.9 Å². The Morgan fingerprint density at radius 2 is 1.92 bits per heavy atom. The average molecular weight is 219 g/mol. The maximum Gasteiger partial charge on any atom is 0.522 e. The summed E-state index contributed by atoms with van der Waals surface area (Å²) in [6, 6.07) is 0. The van der Waals surface area contributed by atoms with Crippen molar-refractivity contribution < 1.29 is 22.1 Å². The van der Waals surface area contributed by atoms with Crippen molar-refractivity contribution >= 4 is 10.8 Å². The molecule has 2 N–H and O–H groups in total. The number of ether oxygens (including phenoxy) is 1. The third kappa shape index (κ3) is 9.78. The van der Waals surface area contributed by atoms with E-state index in [4.69, 9.17) is 5.73 Å². The SMILES string of the molecule is NCCCS(=O)CCOC(F)(F)F. The van der Waals surface area contributed by atoms with E-state index in [2.05, 4.69) is 4.74 Å². The first-order valence-electron chi connectivity index (χ1n) is 3.71. The molecule has 1 unspecified atom stereocenters. The summed E-state index contributed by atoms with van der Waals surface area (Å²) in [5, 5.41) is 0. The lowest BCUT2D eigenvalue weighted by Gasteiger charge is -2.06. The van der Waals surface area contributed by atoms with E-state index in [0.29, 0.717) is 18.7 Å². The molecule has 0 aliphatic rings. The molecule has 0 radical (unpaired) electrons. The number of rotatable bonds is 6. The molecule has 0 saturated heterocycles. The lowest BCUT2D eigenvalue weighted by Crippen LogP contribution is -2.19. The van der Waals surface area contributed by atoms with Crippen molar-refractivity contribution in [2.24, 2.45) is 5.73 Å². The third-order valence-corrected chi connectivity index (χ3v) is 2.52. The molecule has 0 saturated carbocycles. The molecule has 0 rings (SSSR count). The summed E-state index contributed by atoms with van der Waals surface area (Å²) in [4.78, 5) is 0. The zero-order valence-corrected chi connectivity index (χ0v) is 7.79. The standard InChI is InChI=1S/C6H12F3NO2S/c7-6(8,9)12-3-5-13(11)4-1-2-10/h1-5,10H2. The van der Waals surface area contributed by atoms with E-state index < -0.39 is 23.8 Å². The number of alkyl halides is 3. The van der Waals surface area contributed by atoms with Gasteiger partial charge >= 0.3 is 6.36 Å². The fraction of sp³-hybridized carbons (Fsp3) is 1.00.